The molecule has 1 aliphatic heterocycles. The number of thioether (sulfide) groups is 1. The second-order valence-electron chi connectivity index (χ2n) is 6.72. The van der Waals surface area contributed by atoms with Crippen molar-refractivity contribution in [3.8, 4) is 5.75 Å². The van der Waals surface area contributed by atoms with Crippen molar-refractivity contribution in [2.24, 2.45) is 4.99 Å². The second-order valence-corrected chi connectivity index (χ2v) is 8.16. The van der Waals surface area contributed by atoms with Crippen LogP contribution in [-0.4, -0.2) is 11.1 Å². The third-order valence-corrected chi connectivity index (χ3v) is 5.80. The topological polar surface area (TPSA) is 50.7 Å². The molecule has 0 aliphatic carbocycles. The number of hydrogen-bond donors (Lipinski definition) is 1. The SMILES string of the molecule is Cc1ccccc1N=C1NC(=O)C(=Cc2ccc(OCc3ccccc3Cl)cc2)S1. The molecule has 0 unspecified atom stereocenters. The summed E-state index contributed by atoms with van der Waals surface area (Å²) in [6, 6.07) is 23.0. The number of carbonyl (C=O) groups excluding carboxylic acids is 1. The van der Waals surface area contributed by atoms with Gasteiger partial charge in [-0.15, -0.1) is 0 Å². The van der Waals surface area contributed by atoms with Gasteiger partial charge in [-0.25, -0.2) is 4.99 Å². The van der Waals surface area contributed by atoms with E-state index in [1.165, 1.54) is 11.8 Å². The van der Waals surface area contributed by atoms with Crippen LogP contribution in [0.5, 0.6) is 5.75 Å². The number of nitrogens with one attached hydrogen (secondary N) is 1. The smallest absolute Gasteiger partial charge is 0.264 e. The molecule has 1 saturated heterocycles. The van der Waals surface area contributed by atoms with Crippen LogP contribution in [0.25, 0.3) is 6.08 Å². The number of halogens is 1. The Morgan fingerprint density at radius 1 is 1.03 bits per heavy atom. The quantitative estimate of drug-likeness (QED) is 0.492. The normalized spacial score (nSPS) is 16.1. The van der Waals surface area contributed by atoms with E-state index in [0.29, 0.717) is 21.7 Å². The van der Waals surface area contributed by atoms with Gasteiger partial charge in [-0.05, 0) is 60.2 Å². The van der Waals surface area contributed by atoms with Gasteiger partial charge in [-0.1, -0.05) is 60.1 Å². The van der Waals surface area contributed by atoms with Gasteiger partial charge < -0.3 is 10.1 Å². The molecule has 1 fully saturated rings. The van der Waals surface area contributed by atoms with Crippen molar-refractivity contribution in [2.75, 3.05) is 0 Å². The zero-order valence-electron chi connectivity index (χ0n) is 16.3. The highest BCUT2D eigenvalue weighted by atomic mass is 35.5. The standard InChI is InChI=1S/C24H19ClN2O2S/c1-16-6-2-5-9-21(16)26-24-27-23(28)22(30-24)14-17-10-12-19(13-11-17)29-15-18-7-3-4-8-20(18)25/h2-14H,15H2,1H3,(H,26,27,28). The summed E-state index contributed by atoms with van der Waals surface area (Å²) in [5, 5.41) is 4.09. The van der Waals surface area contributed by atoms with Crippen LogP contribution in [0.15, 0.2) is 82.7 Å². The maximum atomic E-state index is 12.3. The molecule has 0 aromatic heterocycles. The van der Waals surface area contributed by atoms with Crippen LogP contribution < -0.4 is 10.1 Å². The minimum Gasteiger partial charge on any atom is -0.489 e. The Labute approximate surface area is 184 Å². The summed E-state index contributed by atoms with van der Waals surface area (Å²) in [5.41, 5.74) is 3.76. The van der Waals surface area contributed by atoms with E-state index >= 15 is 0 Å². The molecule has 4 nitrogen and oxygen atoms in total. The molecule has 0 bridgehead atoms. The molecule has 4 rings (SSSR count). The number of aryl methyl sites for hydroxylation is 1. The number of rotatable bonds is 5. The first-order valence-electron chi connectivity index (χ1n) is 9.40. The van der Waals surface area contributed by atoms with Gasteiger partial charge in [0.2, 0.25) is 0 Å². The Balaban J connectivity index is 1.43. The van der Waals surface area contributed by atoms with E-state index in [9.17, 15) is 4.79 Å². The molecule has 0 spiro atoms. The van der Waals surface area contributed by atoms with E-state index in [2.05, 4.69) is 10.3 Å². The lowest BCUT2D eigenvalue weighted by atomic mass is 10.2. The first kappa shape index (κ1) is 20.3. The maximum absolute atomic E-state index is 12.3. The van der Waals surface area contributed by atoms with E-state index in [0.717, 1.165) is 28.1 Å². The monoisotopic (exact) mass is 434 g/mol. The van der Waals surface area contributed by atoms with Crippen LogP contribution in [0.3, 0.4) is 0 Å². The summed E-state index contributed by atoms with van der Waals surface area (Å²) in [6.07, 6.45) is 1.85. The van der Waals surface area contributed by atoms with Crippen molar-refractivity contribution in [1.82, 2.24) is 5.32 Å². The maximum Gasteiger partial charge on any atom is 0.264 e. The number of aliphatic imine (C=N–C) groups is 1. The van der Waals surface area contributed by atoms with Gasteiger partial charge in [0.15, 0.2) is 5.17 Å². The summed E-state index contributed by atoms with van der Waals surface area (Å²) in [7, 11) is 0. The number of amidine groups is 1. The van der Waals surface area contributed by atoms with E-state index in [4.69, 9.17) is 16.3 Å². The Morgan fingerprint density at radius 2 is 1.77 bits per heavy atom. The molecule has 150 valence electrons. The van der Waals surface area contributed by atoms with Crippen LogP contribution in [0, 0.1) is 6.92 Å². The molecule has 0 radical (unpaired) electrons. The molecule has 3 aromatic carbocycles. The molecule has 0 atom stereocenters. The zero-order chi connectivity index (χ0) is 20.9. The van der Waals surface area contributed by atoms with Crippen molar-refractivity contribution in [3.63, 3.8) is 0 Å². The molecule has 1 heterocycles. The van der Waals surface area contributed by atoms with Crippen LogP contribution >= 0.6 is 23.4 Å². The molecule has 30 heavy (non-hydrogen) atoms. The fraction of sp³-hybridized carbons (Fsp3) is 0.0833. The summed E-state index contributed by atoms with van der Waals surface area (Å²) in [5.74, 6) is 0.591. The molecule has 3 aromatic rings. The predicted molar refractivity (Wildman–Crippen MR) is 124 cm³/mol. The second kappa shape index (κ2) is 9.20. The van der Waals surface area contributed by atoms with Gasteiger partial charge in [0, 0.05) is 10.6 Å². The van der Waals surface area contributed by atoms with Gasteiger partial charge in [0.1, 0.15) is 12.4 Å². The Hall–Kier alpha value is -3.02. The first-order chi connectivity index (χ1) is 14.6. The van der Waals surface area contributed by atoms with Gasteiger partial charge in [0.25, 0.3) is 5.91 Å². The fourth-order valence-electron chi connectivity index (χ4n) is 2.87. The number of para-hydroxylation sites is 1. The molecular formula is C24H19ClN2O2S. The lowest BCUT2D eigenvalue weighted by molar-refractivity contribution is -0.115. The van der Waals surface area contributed by atoms with Gasteiger partial charge in [-0.3, -0.25) is 4.79 Å². The lowest BCUT2D eigenvalue weighted by Crippen LogP contribution is -2.19. The molecule has 0 saturated carbocycles. The van der Waals surface area contributed by atoms with E-state index < -0.39 is 0 Å². The number of amides is 1. The molecule has 1 aliphatic rings. The van der Waals surface area contributed by atoms with Gasteiger partial charge in [0.05, 0.1) is 10.6 Å². The third-order valence-electron chi connectivity index (χ3n) is 4.52. The average molecular weight is 435 g/mol. The summed E-state index contributed by atoms with van der Waals surface area (Å²) >= 11 is 7.49. The number of carbonyl (C=O) groups is 1. The van der Waals surface area contributed by atoms with Crippen molar-refractivity contribution in [2.45, 2.75) is 13.5 Å². The number of benzene rings is 3. The number of ether oxygens (including phenoxy) is 1. The Bertz CT molecular complexity index is 1140. The van der Waals surface area contributed by atoms with Crippen LogP contribution in [-0.2, 0) is 11.4 Å². The van der Waals surface area contributed by atoms with Crippen LogP contribution in [0.4, 0.5) is 5.69 Å². The summed E-state index contributed by atoms with van der Waals surface area (Å²) < 4.78 is 5.80. The van der Waals surface area contributed by atoms with Crippen molar-refractivity contribution >= 4 is 46.2 Å². The zero-order valence-corrected chi connectivity index (χ0v) is 17.8. The van der Waals surface area contributed by atoms with E-state index in [-0.39, 0.29) is 5.91 Å². The largest absolute Gasteiger partial charge is 0.489 e. The predicted octanol–water partition coefficient (Wildman–Crippen LogP) is 6.12. The summed E-state index contributed by atoms with van der Waals surface area (Å²) in [4.78, 5) is 17.5. The third kappa shape index (κ3) is 4.93. The Morgan fingerprint density at radius 3 is 2.53 bits per heavy atom. The van der Waals surface area contributed by atoms with Crippen molar-refractivity contribution < 1.29 is 9.53 Å². The van der Waals surface area contributed by atoms with E-state index in [1.54, 1.807) is 0 Å². The van der Waals surface area contributed by atoms with Crippen LogP contribution in [0.2, 0.25) is 5.02 Å². The summed E-state index contributed by atoms with van der Waals surface area (Å²) in [6.45, 7) is 2.39. The number of nitrogens with zero attached hydrogens (tertiary/aromatic N) is 1. The van der Waals surface area contributed by atoms with Gasteiger partial charge in [-0.2, -0.15) is 0 Å². The highest BCUT2D eigenvalue weighted by molar-refractivity contribution is 8.18. The minimum absolute atomic E-state index is 0.147. The highest BCUT2D eigenvalue weighted by Gasteiger charge is 2.23. The Kier molecular flexibility index (Phi) is 6.21. The minimum atomic E-state index is -0.147. The lowest BCUT2D eigenvalue weighted by Gasteiger charge is -2.08. The van der Waals surface area contributed by atoms with Crippen LogP contribution in [0.1, 0.15) is 16.7 Å². The van der Waals surface area contributed by atoms with E-state index in [1.807, 2.05) is 85.8 Å². The molecular weight excluding hydrogens is 416 g/mol. The molecule has 1 amide bonds. The average Bonchev–Trinajstić information content (AvgIpc) is 3.09. The van der Waals surface area contributed by atoms with Crippen molar-refractivity contribution in [3.05, 3.63) is 99.4 Å². The van der Waals surface area contributed by atoms with Gasteiger partial charge >= 0.3 is 0 Å². The molecule has 6 heteroatoms. The van der Waals surface area contributed by atoms with Crippen molar-refractivity contribution in [1.29, 1.82) is 0 Å². The number of hydrogen-bond acceptors (Lipinski definition) is 4. The fourth-order valence-corrected chi connectivity index (χ4v) is 3.89. The highest BCUT2D eigenvalue weighted by Crippen LogP contribution is 2.29. The molecule has 1 N–H and O–H groups in total. The first-order valence-corrected chi connectivity index (χ1v) is 10.6.